The molecule has 24 heavy (non-hydrogen) atoms. The molecule has 1 aromatic carbocycles. The summed E-state index contributed by atoms with van der Waals surface area (Å²) in [6, 6.07) is 7.47. The maximum absolute atomic E-state index is 11.9. The first-order valence-corrected chi connectivity index (χ1v) is 8.25. The normalized spacial score (nSPS) is 10.6. The number of carbonyl (C=O) groups is 1. The van der Waals surface area contributed by atoms with Crippen LogP contribution in [-0.4, -0.2) is 33.2 Å². The molecule has 8 heteroatoms. The quantitative estimate of drug-likeness (QED) is 0.715. The third-order valence-corrected chi connectivity index (χ3v) is 4.16. The number of nitrogens with one attached hydrogen (secondary N) is 2. The lowest BCUT2D eigenvalue weighted by atomic mass is 10.2. The van der Waals surface area contributed by atoms with Gasteiger partial charge in [0.2, 0.25) is 5.91 Å². The molecule has 3 aromatic rings. The van der Waals surface area contributed by atoms with E-state index >= 15 is 0 Å². The predicted octanol–water partition coefficient (Wildman–Crippen LogP) is 2.10. The van der Waals surface area contributed by atoms with Crippen LogP contribution >= 0.6 is 11.3 Å². The number of nitrogens with zero attached hydrogens (tertiary/aromatic N) is 3. The highest BCUT2D eigenvalue weighted by molar-refractivity contribution is 7.09. The summed E-state index contributed by atoms with van der Waals surface area (Å²) in [4.78, 5) is 20.6. The van der Waals surface area contributed by atoms with Gasteiger partial charge in [0.25, 0.3) is 0 Å². The number of hydrogen-bond donors (Lipinski definition) is 2. The molecule has 0 unspecified atom stereocenters. The molecule has 0 atom stereocenters. The van der Waals surface area contributed by atoms with E-state index in [0.29, 0.717) is 18.2 Å². The van der Waals surface area contributed by atoms with Gasteiger partial charge < -0.3 is 10.1 Å². The van der Waals surface area contributed by atoms with E-state index in [0.717, 1.165) is 22.0 Å². The van der Waals surface area contributed by atoms with E-state index in [1.54, 1.807) is 7.11 Å². The van der Waals surface area contributed by atoms with E-state index in [-0.39, 0.29) is 12.3 Å². The van der Waals surface area contributed by atoms with Gasteiger partial charge in [-0.25, -0.2) is 9.97 Å². The molecule has 0 bridgehead atoms. The number of aromatic nitrogens is 4. The van der Waals surface area contributed by atoms with Gasteiger partial charge in [-0.15, -0.1) is 11.3 Å². The van der Waals surface area contributed by atoms with Crippen LogP contribution in [0.15, 0.2) is 29.6 Å². The first-order chi connectivity index (χ1) is 11.6. The molecule has 0 saturated heterocycles. The van der Waals surface area contributed by atoms with Crippen LogP contribution in [0.1, 0.15) is 16.5 Å². The zero-order chi connectivity index (χ0) is 16.9. The van der Waals surface area contributed by atoms with Crippen molar-refractivity contribution in [2.75, 3.05) is 7.11 Å². The van der Waals surface area contributed by atoms with Crippen LogP contribution in [0, 0.1) is 6.92 Å². The fourth-order valence-electron chi connectivity index (χ4n) is 2.14. The number of ether oxygens (including phenoxy) is 1. The smallest absolute Gasteiger partial charge is 0.226 e. The van der Waals surface area contributed by atoms with Crippen molar-refractivity contribution in [3.8, 4) is 17.1 Å². The largest absolute Gasteiger partial charge is 0.497 e. The second kappa shape index (κ2) is 7.22. The van der Waals surface area contributed by atoms with E-state index in [9.17, 15) is 4.79 Å². The van der Waals surface area contributed by atoms with Crippen molar-refractivity contribution in [1.29, 1.82) is 0 Å². The van der Waals surface area contributed by atoms with Crippen LogP contribution in [-0.2, 0) is 17.8 Å². The number of H-pyrrole nitrogens is 1. The Morgan fingerprint density at radius 1 is 1.29 bits per heavy atom. The molecule has 0 saturated carbocycles. The second-order valence-electron chi connectivity index (χ2n) is 5.15. The third-order valence-electron chi connectivity index (χ3n) is 3.34. The summed E-state index contributed by atoms with van der Waals surface area (Å²) in [5.74, 6) is 1.86. The minimum atomic E-state index is -0.0947. The summed E-state index contributed by atoms with van der Waals surface area (Å²) in [6.45, 7) is 2.21. The van der Waals surface area contributed by atoms with Gasteiger partial charge in [0, 0.05) is 10.9 Å². The second-order valence-corrected chi connectivity index (χ2v) is 6.21. The number of thiazole rings is 1. The molecule has 124 valence electrons. The Labute approximate surface area is 143 Å². The Morgan fingerprint density at radius 3 is 2.75 bits per heavy atom. The number of hydrogen-bond acceptors (Lipinski definition) is 6. The van der Waals surface area contributed by atoms with E-state index in [4.69, 9.17) is 4.74 Å². The summed E-state index contributed by atoms with van der Waals surface area (Å²) in [6.07, 6.45) is 0.268. The summed E-state index contributed by atoms with van der Waals surface area (Å²) in [5, 5.41) is 12.7. The van der Waals surface area contributed by atoms with Crippen LogP contribution in [0.25, 0.3) is 11.4 Å². The number of amides is 1. The van der Waals surface area contributed by atoms with Crippen molar-refractivity contribution in [3.05, 3.63) is 46.2 Å². The van der Waals surface area contributed by atoms with Gasteiger partial charge in [-0.3, -0.25) is 9.89 Å². The molecule has 0 fully saturated rings. The number of aromatic amines is 1. The zero-order valence-corrected chi connectivity index (χ0v) is 14.2. The molecule has 1 amide bonds. The van der Waals surface area contributed by atoms with E-state index in [2.05, 4.69) is 25.5 Å². The predicted molar refractivity (Wildman–Crippen MR) is 90.8 cm³/mol. The van der Waals surface area contributed by atoms with Crippen molar-refractivity contribution >= 4 is 17.2 Å². The van der Waals surface area contributed by atoms with Crippen molar-refractivity contribution in [2.24, 2.45) is 0 Å². The number of carbonyl (C=O) groups excluding carboxylic acids is 1. The number of benzene rings is 1. The molecule has 0 aliphatic rings. The number of methoxy groups -OCH3 is 1. The van der Waals surface area contributed by atoms with E-state index < -0.39 is 0 Å². The Kier molecular flexibility index (Phi) is 4.85. The van der Waals surface area contributed by atoms with Gasteiger partial charge in [-0.2, -0.15) is 5.10 Å². The molecule has 0 spiro atoms. The fourth-order valence-corrected chi connectivity index (χ4v) is 2.75. The summed E-state index contributed by atoms with van der Waals surface area (Å²) < 4.78 is 5.12. The third kappa shape index (κ3) is 3.96. The van der Waals surface area contributed by atoms with Crippen LogP contribution in [0.3, 0.4) is 0 Å². The average Bonchev–Trinajstić information content (AvgIpc) is 3.22. The van der Waals surface area contributed by atoms with Crippen LogP contribution in [0.2, 0.25) is 0 Å². The topological polar surface area (TPSA) is 92.8 Å². The van der Waals surface area contributed by atoms with Gasteiger partial charge in [0.1, 0.15) is 11.6 Å². The highest BCUT2D eigenvalue weighted by Gasteiger charge is 2.09. The minimum absolute atomic E-state index is 0.0947. The minimum Gasteiger partial charge on any atom is -0.497 e. The molecule has 2 N–H and O–H groups in total. The summed E-state index contributed by atoms with van der Waals surface area (Å²) >= 11 is 1.54. The van der Waals surface area contributed by atoms with Gasteiger partial charge in [-0.05, 0) is 31.2 Å². The Morgan fingerprint density at radius 2 is 2.08 bits per heavy atom. The monoisotopic (exact) mass is 343 g/mol. The standard InChI is InChI=1S/C16H17N5O2S/c1-10-18-12(9-24-10)7-15(22)17-8-14-19-16(21-20-14)11-3-5-13(23-2)6-4-11/h3-6,9H,7-8H2,1-2H3,(H,17,22)(H,19,20,21). The number of rotatable bonds is 6. The van der Waals surface area contributed by atoms with E-state index in [1.165, 1.54) is 11.3 Å². The van der Waals surface area contributed by atoms with Gasteiger partial charge in [-0.1, -0.05) is 0 Å². The van der Waals surface area contributed by atoms with Gasteiger partial charge in [0.15, 0.2) is 5.82 Å². The molecule has 2 aromatic heterocycles. The Bertz CT molecular complexity index is 825. The van der Waals surface area contributed by atoms with Crippen molar-refractivity contribution in [1.82, 2.24) is 25.5 Å². The highest BCUT2D eigenvalue weighted by Crippen LogP contribution is 2.18. The van der Waals surface area contributed by atoms with Crippen molar-refractivity contribution in [2.45, 2.75) is 19.9 Å². The highest BCUT2D eigenvalue weighted by atomic mass is 32.1. The fraction of sp³-hybridized carbons (Fsp3) is 0.250. The lowest BCUT2D eigenvalue weighted by Gasteiger charge is -2.01. The molecule has 0 radical (unpaired) electrons. The number of aryl methyl sites for hydroxylation is 1. The lowest BCUT2D eigenvalue weighted by molar-refractivity contribution is -0.120. The maximum Gasteiger partial charge on any atom is 0.226 e. The van der Waals surface area contributed by atoms with Gasteiger partial charge in [0.05, 0.1) is 30.8 Å². The Balaban J connectivity index is 1.56. The molecule has 7 nitrogen and oxygen atoms in total. The summed E-state index contributed by atoms with van der Waals surface area (Å²) in [7, 11) is 1.62. The molecular weight excluding hydrogens is 326 g/mol. The molecule has 3 rings (SSSR count). The van der Waals surface area contributed by atoms with Crippen molar-refractivity contribution in [3.63, 3.8) is 0 Å². The van der Waals surface area contributed by atoms with Crippen LogP contribution in [0.4, 0.5) is 0 Å². The van der Waals surface area contributed by atoms with Crippen LogP contribution < -0.4 is 10.1 Å². The SMILES string of the molecule is COc1ccc(-c2n[nH]c(CNC(=O)Cc3csc(C)n3)n2)cc1. The molecule has 0 aliphatic carbocycles. The zero-order valence-electron chi connectivity index (χ0n) is 13.4. The average molecular weight is 343 g/mol. The molecule has 0 aliphatic heterocycles. The maximum atomic E-state index is 11.9. The van der Waals surface area contributed by atoms with Crippen LogP contribution in [0.5, 0.6) is 5.75 Å². The first-order valence-electron chi connectivity index (χ1n) is 7.37. The van der Waals surface area contributed by atoms with E-state index in [1.807, 2.05) is 36.6 Å². The van der Waals surface area contributed by atoms with Crippen molar-refractivity contribution < 1.29 is 9.53 Å². The summed E-state index contributed by atoms with van der Waals surface area (Å²) in [5.41, 5.74) is 1.66. The molecular formula is C16H17N5O2S. The van der Waals surface area contributed by atoms with Gasteiger partial charge >= 0.3 is 0 Å². The first kappa shape index (κ1) is 16.1. The Hall–Kier alpha value is -2.74. The lowest BCUT2D eigenvalue weighted by Crippen LogP contribution is -2.25. The molecule has 2 heterocycles.